The Morgan fingerprint density at radius 1 is 1.30 bits per heavy atom. The third-order valence-corrected chi connectivity index (χ3v) is 2.74. The van der Waals surface area contributed by atoms with E-state index in [0.717, 1.165) is 0 Å². The molecule has 0 spiro atoms. The van der Waals surface area contributed by atoms with E-state index in [1.54, 1.807) is 25.1 Å². The molecule has 0 saturated carbocycles. The molecule has 0 heterocycles. The Hall–Kier alpha value is -1.79. The van der Waals surface area contributed by atoms with Crippen LogP contribution in [0.3, 0.4) is 0 Å². The number of ether oxygens (including phenoxy) is 3. The van der Waals surface area contributed by atoms with Gasteiger partial charge in [-0.1, -0.05) is 0 Å². The van der Waals surface area contributed by atoms with Gasteiger partial charge in [0.15, 0.2) is 0 Å². The van der Waals surface area contributed by atoms with Gasteiger partial charge in [-0.15, -0.1) is 0 Å². The zero-order chi connectivity index (χ0) is 15.2. The summed E-state index contributed by atoms with van der Waals surface area (Å²) in [6.07, 6.45) is 0. The highest BCUT2D eigenvalue weighted by Gasteiger charge is 2.22. The van der Waals surface area contributed by atoms with Gasteiger partial charge in [-0.25, -0.2) is 0 Å². The van der Waals surface area contributed by atoms with Crippen LogP contribution in [-0.4, -0.2) is 51.1 Å². The molecule has 6 nitrogen and oxygen atoms in total. The van der Waals surface area contributed by atoms with Gasteiger partial charge in [0.05, 0.1) is 26.4 Å². The number of aliphatic hydroxyl groups is 1. The van der Waals surface area contributed by atoms with Crippen molar-refractivity contribution in [2.45, 2.75) is 12.5 Å². The van der Waals surface area contributed by atoms with Crippen molar-refractivity contribution in [2.24, 2.45) is 0 Å². The van der Waals surface area contributed by atoms with Crippen LogP contribution in [0, 0.1) is 0 Å². The molecule has 20 heavy (non-hydrogen) atoms. The first-order chi connectivity index (χ1) is 9.43. The van der Waals surface area contributed by atoms with Crippen molar-refractivity contribution < 1.29 is 24.1 Å². The number of carbonyl (C=O) groups is 1. The minimum atomic E-state index is -1.12. The largest absolute Gasteiger partial charge is 0.497 e. The molecule has 0 saturated heterocycles. The molecule has 1 aromatic carbocycles. The molecule has 0 bridgehead atoms. The summed E-state index contributed by atoms with van der Waals surface area (Å²) in [7, 11) is 4.51. The number of hydrogen-bond acceptors (Lipinski definition) is 5. The summed E-state index contributed by atoms with van der Waals surface area (Å²) >= 11 is 0. The van der Waals surface area contributed by atoms with Gasteiger partial charge < -0.3 is 24.6 Å². The van der Waals surface area contributed by atoms with E-state index in [9.17, 15) is 9.90 Å². The Bertz CT molecular complexity index is 459. The second kappa shape index (κ2) is 7.12. The summed E-state index contributed by atoms with van der Waals surface area (Å²) in [5.74, 6) is 0.680. The molecule has 0 fully saturated rings. The van der Waals surface area contributed by atoms with E-state index < -0.39 is 5.60 Å². The molecule has 0 aliphatic carbocycles. The first-order valence-electron chi connectivity index (χ1n) is 6.15. The Labute approximate surface area is 118 Å². The quantitative estimate of drug-likeness (QED) is 0.775. The number of nitrogens with one attached hydrogen (secondary N) is 1. The van der Waals surface area contributed by atoms with Crippen molar-refractivity contribution in [3.8, 4) is 11.5 Å². The SMILES string of the molecule is COCC(C)(O)CNC(=O)c1ccc(OC)cc1OC. The lowest BCUT2D eigenvalue weighted by molar-refractivity contribution is -0.0147. The lowest BCUT2D eigenvalue weighted by atomic mass is 10.1. The summed E-state index contributed by atoms with van der Waals surface area (Å²) in [5, 5.41) is 12.6. The van der Waals surface area contributed by atoms with Crippen LogP contribution in [0.4, 0.5) is 0 Å². The maximum atomic E-state index is 12.1. The van der Waals surface area contributed by atoms with Crippen LogP contribution >= 0.6 is 0 Å². The highest BCUT2D eigenvalue weighted by Crippen LogP contribution is 2.24. The third-order valence-electron chi connectivity index (χ3n) is 2.74. The Kier molecular flexibility index (Phi) is 5.79. The minimum absolute atomic E-state index is 0.0782. The van der Waals surface area contributed by atoms with E-state index in [1.807, 2.05) is 0 Å². The molecular formula is C14H21NO5. The molecule has 0 aliphatic rings. The Balaban J connectivity index is 2.77. The summed E-state index contributed by atoms with van der Waals surface area (Å²) < 4.78 is 15.1. The monoisotopic (exact) mass is 283 g/mol. The maximum Gasteiger partial charge on any atom is 0.255 e. The molecule has 1 amide bonds. The normalized spacial score (nSPS) is 13.4. The number of hydrogen-bond donors (Lipinski definition) is 2. The third kappa shape index (κ3) is 4.40. The van der Waals surface area contributed by atoms with Gasteiger partial charge in [-0.3, -0.25) is 4.79 Å². The standard InChI is InChI=1S/C14H21NO5/c1-14(17,9-18-2)8-15-13(16)11-6-5-10(19-3)7-12(11)20-4/h5-7,17H,8-9H2,1-4H3,(H,15,16). The van der Waals surface area contributed by atoms with Gasteiger partial charge in [0, 0.05) is 19.7 Å². The van der Waals surface area contributed by atoms with Crippen LogP contribution in [0.25, 0.3) is 0 Å². The number of rotatable bonds is 7. The zero-order valence-corrected chi connectivity index (χ0v) is 12.2. The lowest BCUT2D eigenvalue weighted by Gasteiger charge is -2.22. The molecule has 1 unspecified atom stereocenters. The van der Waals surface area contributed by atoms with Gasteiger partial charge in [-0.05, 0) is 19.1 Å². The molecular weight excluding hydrogens is 262 g/mol. The van der Waals surface area contributed by atoms with Crippen molar-refractivity contribution in [3.63, 3.8) is 0 Å². The molecule has 112 valence electrons. The van der Waals surface area contributed by atoms with Crippen molar-refractivity contribution >= 4 is 5.91 Å². The molecule has 1 rings (SSSR count). The van der Waals surface area contributed by atoms with Crippen LogP contribution in [0.15, 0.2) is 18.2 Å². The van der Waals surface area contributed by atoms with Crippen LogP contribution in [0.1, 0.15) is 17.3 Å². The van der Waals surface area contributed by atoms with E-state index in [-0.39, 0.29) is 19.1 Å². The van der Waals surface area contributed by atoms with Crippen molar-refractivity contribution in [1.29, 1.82) is 0 Å². The predicted molar refractivity (Wildman–Crippen MR) is 74.4 cm³/mol. The van der Waals surface area contributed by atoms with Gasteiger partial charge in [0.2, 0.25) is 0 Å². The van der Waals surface area contributed by atoms with Crippen molar-refractivity contribution in [1.82, 2.24) is 5.32 Å². The van der Waals surface area contributed by atoms with Crippen LogP contribution < -0.4 is 14.8 Å². The molecule has 0 aliphatic heterocycles. The topological polar surface area (TPSA) is 77.0 Å². The summed E-state index contributed by atoms with van der Waals surface area (Å²) in [6.45, 7) is 1.80. The number of carbonyl (C=O) groups excluding carboxylic acids is 1. The number of methoxy groups -OCH3 is 3. The summed E-state index contributed by atoms with van der Waals surface area (Å²) in [4.78, 5) is 12.1. The van der Waals surface area contributed by atoms with E-state index in [0.29, 0.717) is 17.1 Å². The molecule has 0 aromatic heterocycles. The molecule has 1 atom stereocenters. The fourth-order valence-corrected chi connectivity index (χ4v) is 1.71. The molecule has 6 heteroatoms. The van der Waals surface area contributed by atoms with E-state index in [2.05, 4.69) is 5.32 Å². The van der Waals surface area contributed by atoms with Gasteiger partial charge >= 0.3 is 0 Å². The van der Waals surface area contributed by atoms with E-state index >= 15 is 0 Å². The first-order valence-corrected chi connectivity index (χ1v) is 6.15. The van der Waals surface area contributed by atoms with E-state index in [4.69, 9.17) is 14.2 Å². The summed E-state index contributed by atoms with van der Waals surface area (Å²) in [5.41, 5.74) is -0.745. The average Bonchev–Trinajstić information content (AvgIpc) is 2.44. The first kappa shape index (κ1) is 16.3. The van der Waals surface area contributed by atoms with Gasteiger partial charge in [0.1, 0.15) is 17.1 Å². The second-order valence-corrected chi connectivity index (χ2v) is 4.68. The highest BCUT2D eigenvalue weighted by atomic mass is 16.5. The molecule has 0 radical (unpaired) electrons. The smallest absolute Gasteiger partial charge is 0.255 e. The Morgan fingerprint density at radius 3 is 2.55 bits per heavy atom. The average molecular weight is 283 g/mol. The fourth-order valence-electron chi connectivity index (χ4n) is 1.71. The predicted octanol–water partition coefficient (Wildman–Crippen LogP) is 0.831. The number of amides is 1. The van der Waals surface area contributed by atoms with Crippen LogP contribution in [-0.2, 0) is 4.74 Å². The van der Waals surface area contributed by atoms with Crippen molar-refractivity contribution in [2.75, 3.05) is 34.5 Å². The maximum absolute atomic E-state index is 12.1. The molecule has 1 aromatic rings. The van der Waals surface area contributed by atoms with Gasteiger partial charge in [0.25, 0.3) is 5.91 Å². The fraction of sp³-hybridized carbons (Fsp3) is 0.500. The van der Waals surface area contributed by atoms with Crippen LogP contribution in [0.5, 0.6) is 11.5 Å². The van der Waals surface area contributed by atoms with Crippen LogP contribution in [0.2, 0.25) is 0 Å². The minimum Gasteiger partial charge on any atom is -0.497 e. The molecule has 2 N–H and O–H groups in total. The van der Waals surface area contributed by atoms with Gasteiger partial charge in [-0.2, -0.15) is 0 Å². The highest BCUT2D eigenvalue weighted by molar-refractivity contribution is 5.97. The second-order valence-electron chi connectivity index (χ2n) is 4.68. The lowest BCUT2D eigenvalue weighted by Crippen LogP contribution is -2.43. The Morgan fingerprint density at radius 2 is 2.00 bits per heavy atom. The number of benzene rings is 1. The van der Waals surface area contributed by atoms with E-state index in [1.165, 1.54) is 21.3 Å². The zero-order valence-electron chi connectivity index (χ0n) is 12.2. The van der Waals surface area contributed by atoms with Crippen molar-refractivity contribution in [3.05, 3.63) is 23.8 Å². The summed E-state index contributed by atoms with van der Waals surface area (Å²) in [6, 6.07) is 4.91.